The van der Waals surface area contributed by atoms with E-state index in [4.69, 9.17) is 4.42 Å². The molecule has 3 rings (SSSR count). The molecule has 1 aliphatic rings. The zero-order chi connectivity index (χ0) is 22.1. The summed E-state index contributed by atoms with van der Waals surface area (Å²) in [5.74, 6) is -1.11. The highest BCUT2D eigenvalue weighted by atomic mass is 19.4. The monoisotopic (exact) mass is 425 g/mol. The fourth-order valence-electron chi connectivity index (χ4n) is 3.01. The second-order valence-electron chi connectivity index (χ2n) is 6.85. The van der Waals surface area contributed by atoms with Gasteiger partial charge >= 0.3 is 12.4 Å². The van der Waals surface area contributed by atoms with Crippen LogP contribution in [0, 0.1) is 0 Å². The van der Waals surface area contributed by atoms with E-state index < -0.39 is 42.0 Å². The zero-order valence-corrected chi connectivity index (χ0v) is 16.0. The van der Waals surface area contributed by atoms with Crippen LogP contribution in [0.3, 0.4) is 0 Å². The third-order valence-electron chi connectivity index (χ3n) is 4.63. The van der Waals surface area contributed by atoms with Crippen molar-refractivity contribution in [3.8, 4) is 5.75 Å². The number of nitrogens with zero attached hydrogens (tertiary/aromatic N) is 2. The van der Waals surface area contributed by atoms with Gasteiger partial charge in [-0.2, -0.15) is 0 Å². The molecule has 2 aromatic rings. The maximum Gasteiger partial charge on any atom is 0.573 e. The number of hydrogen-bond acceptors (Lipinski definition) is 5. The Kier molecular flexibility index (Phi) is 5.47. The van der Waals surface area contributed by atoms with E-state index in [9.17, 15) is 27.6 Å². The lowest BCUT2D eigenvalue weighted by Gasteiger charge is -2.23. The number of ether oxygens (including phenoxy) is 1. The van der Waals surface area contributed by atoms with Crippen LogP contribution in [0.4, 0.5) is 18.0 Å². The minimum Gasteiger partial charge on any atom is -0.467 e. The maximum absolute atomic E-state index is 12.9. The van der Waals surface area contributed by atoms with Gasteiger partial charge in [0.15, 0.2) is 0 Å². The van der Waals surface area contributed by atoms with Gasteiger partial charge in [0.1, 0.15) is 23.6 Å². The third-order valence-corrected chi connectivity index (χ3v) is 4.63. The van der Waals surface area contributed by atoms with Gasteiger partial charge in [-0.25, -0.2) is 4.79 Å². The SMILES string of the molecule is CN(Cc1ccco1)C(=O)CN1C(=O)NC(C)(c2ccc(OC(F)(F)F)cc2)C1=O. The number of furan rings is 1. The van der Waals surface area contributed by atoms with Crippen molar-refractivity contribution < 1.29 is 36.7 Å². The smallest absolute Gasteiger partial charge is 0.467 e. The van der Waals surface area contributed by atoms with Crippen molar-refractivity contribution in [2.24, 2.45) is 0 Å². The summed E-state index contributed by atoms with van der Waals surface area (Å²) in [6.07, 6.45) is -3.39. The summed E-state index contributed by atoms with van der Waals surface area (Å²) < 4.78 is 45.9. The quantitative estimate of drug-likeness (QED) is 0.719. The van der Waals surface area contributed by atoms with Gasteiger partial charge in [0.25, 0.3) is 5.91 Å². The highest BCUT2D eigenvalue weighted by molar-refractivity contribution is 6.09. The van der Waals surface area contributed by atoms with Crippen LogP contribution in [0.5, 0.6) is 5.75 Å². The summed E-state index contributed by atoms with van der Waals surface area (Å²) >= 11 is 0. The first-order valence-corrected chi connectivity index (χ1v) is 8.76. The number of halogens is 3. The van der Waals surface area contributed by atoms with Gasteiger partial charge in [0.2, 0.25) is 5.91 Å². The number of carbonyl (C=O) groups is 3. The molecule has 1 aromatic carbocycles. The summed E-state index contributed by atoms with van der Waals surface area (Å²) in [5, 5.41) is 2.49. The molecule has 160 valence electrons. The van der Waals surface area contributed by atoms with Crippen molar-refractivity contribution in [3.05, 3.63) is 54.0 Å². The van der Waals surface area contributed by atoms with Crippen LogP contribution in [0.25, 0.3) is 0 Å². The molecular weight excluding hydrogens is 407 g/mol. The van der Waals surface area contributed by atoms with Crippen LogP contribution in [-0.2, 0) is 21.7 Å². The predicted octanol–water partition coefficient (Wildman–Crippen LogP) is 2.60. The lowest BCUT2D eigenvalue weighted by molar-refractivity contribution is -0.274. The van der Waals surface area contributed by atoms with Crippen LogP contribution >= 0.6 is 0 Å². The molecule has 1 fully saturated rings. The van der Waals surface area contributed by atoms with E-state index >= 15 is 0 Å². The standard InChI is InChI=1S/C19H18F3N3O5/c1-18(12-5-7-13(8-6-12)30-19(20,21)22)16(27)25(17(28)23-18)11-15(26)24(2)10-14-4-3-9-29-14/h3-9H,10-11H2,1-2H3,(H,23,28). The molecule has 8 nitrogen and oxygen atoms in total. The molecule has 2 heterocycles. The van der Waals surface area contributed by atoms with E-state index in [2.05, 4.69) is 10.1 Å². The summed E-state index contributed by atoms with van der Waals surface area (Å²) in [6, 6.07) is 7.14. The molecule has 0 aliphatic carbocycles. The summed E-state index contributed by atoms with van der Waals surface area (Å²) in [6.45, 7) is 1.07. The molecule has 1 unspecified atom stereocenters. The van der Waals surface area contributed by atoms with Gasteiger partial charge in [-0.15, -0.1) is 13.2 Å². The van der Waals surface area contributed by atoms with Gasteiger partial charge in [-0.1, -0.05) is 12.1 Å². The average Bonchev–Trinajstić information content (AvgIpc) is 3.23. The minimum atomic E-state index is -4.85. The normalized spacial score (nSPS) is 19.0. The Hall–Kier alpha value is -3.50. The molecule has 0 saturated carbocycles. The highest BCUT2D eigenvalue weighted by Gasteiger charge is 2.49. The maximum atomic E-state index is 12.9. The number of amides is 4. The van der Waals surface area contributed by atoms with Crippen LogP contribution < -0.4 is 10.1 Å². The molecule has 4 amide bonds. The molecule has 1 aromatic heterocycles. The van der Waals surface area contributed by atoms with E-state index in [1.807, 2.05) is 0 Å². The van der Waals surface area contributed by atoms with Gasteiger partial charge in [-0.05, 0) is 36.8 Å². The number of likely N-dealkylation sites (N-methyl/N-ethyl adjacent to an activating group) is 1. The summed E-state index contributed by atoms with van der Waals surface area (Å²) in [4.78, 5) is 39.7. The fourth-order valence-corrected chi connectivity index (χ4v) is 3.01. The zero-order valence-electron chi connectivity index (χ0n) is 16.0. The van der Waals surface area contributed by atoms with E-state index in [0.717, 1.165) is 17.0 Å². The fraction of sp³-hybridized carbons (Fsp3) is 0.316. The first-order valence-electron chi connectivity index (χ1n) is 8.76. The molecule has 0 radical (unpaired) electrons. The Morgan fingerprint density at radius 1 is 1.23 bits per heavy atom. The molecule has 1 N–H and O–H groups in total. The average molecular weight is 425 g/mol. The van der Waals surface area contributed by atoms with E-state index in [-0.39, 0.29) is 12.1 Å². The van der Waals surface area contributed by atoms with Gasteiger partial charge in [-0.3, -0.25) is 14.5 Å². The van der Waals surface area contributed by atoms with Crippen LogP contribution in [0.15, 0.2) is 47.1 Å². The molecular formula is C19H18F3N3O5. The summed E-state index contributed by atoms with van der Waals surface area (Å²) in [5.41, 5.74) is -1.29. The highest BCUT2D eigenvalue weighted by Crippen LogP contribution is 2.31. The van der Waals surface area contributed by atoms with Gasteiger partial charge in [0.05, 0.1) is 12.8 Å². The van der Waals surface area contributed by atoms with E-state index in [1.54, 1.807) is 12.1 Å². The molecule has 0 bridgehead atoms. The van der Waals surface area contributed by atoms with Crippen molar-refractivity contribution in [2.45, 2.75) is 25.4 Å². The van der Waals surface area contributed by atoms with Crippen molar-refractivity contribution in [3.63, 3.8) is 0 Å². The van der Waals surface area contributed by atoms with Gasteiger partial charge in [0, 0.05) is 7.05 Å². The number of rotatable bonds is 6. The molecule has 1 saturated heterocycles. The lowest BCUT2D eigenvalue weighted by atomic mass is 9.92. The topological polar surface area (TPSA) is 92.1 Å². The number of carbonyl (C=O) groups excluding carboxylic acids is 3. The Labute approximate surface area is 169 Å². The number of nitrogens with one attached hydrogen (secondary N) is 1. The van der Waals surface area contributed by atoms with Crippen LogP contribution in [0.1, 0.15) is 18.2 Å². The number of alkyl halides is 3. The number of imide groups is 1. The number of benzene rings is 1. The Morgan fingerprint density at radius 3 is 2.47 bits per heavy atom. The lowest BCUT2D eigenvalue weighted by Crippen LogP contribution is -2.43. The molecule has 1 atom stereocenters. The Balaban J connectivity index is 1.70. The molecule has 0 spiro atoms. The number of urea groups is 1. The Bertz CT molecular complexity index is 943. The second kappa shape index (κ2) is 7.73. The van der Waals surface area contributed by atoms with E-state index in [0.29, 0.717) is 5.76 Å². The third kappa shape index (κ3) is 4.39. The molecule has 30 heavy (non-hydrogen) atoms. The Morgan fingerprint density at radius 2 is 1.90 bits per heavy atom. The predicted molar refractivity (Wildman–Crippen MR) is 95.9 cm³/mol. The van der Waals surface area contributed by atoms with Crippen LogP contribution in [0.2, 0.25) is 0 Å². The van der Waals surface area contributed by atoms with Gasteiger partial charge < -0.3 is 19.4 Å². The molecule has 1 aliphatic heterocycles. The second-order valence-corrected chi connectivity index (χ2v) is 6.85. The van der Waals surface area contributed by atoms with E-state index in [1.165, 1.54) is 37.3 Å². The minimum absolute atomic E-state index is 0.160. The first-order chi connectivity index (χ1) is 14.0. The van der Waals surface area contributed by atoms with Crippen molar-refractivity contribution >= 4 is 17.8 Å². The first kappa shape index (κ1) is 21.2. The largest absolute Gasteiger partial charge is 0.573 e. The van der Waals surface area contributed by atoms with Crippen molar-refractivity contribution in [2.75, 3.05) is 13.6 Å². The van der Waals surface area contributed by atoms with Crippen molar-refractivity contribution in [1.29, 1.82) is 0 Å². The van der Waals surface area contributed by atoms with Crippen molar-refractivity contribution in [1.82, 2.24) is 15.1 Å². The van der Waals surface area contributed by atoms with Crippen LogP contribution in [-0.4, -0.2) is 47.6 Å². The summed E-state index contributed by atoms with van der Waals surface area (Å²) in [7, 11) is 1.50. The number of hydrogen-bond donors (Lipinski definition) is 1. The molecule has 11 heteroatoms.